The highest BCUT2D eigenvalue weighted by Crippen LogP contribution is 2.34. The summed E-state index contributed by atoms with van der Waals surface area (Å²) in [6.07, 6.45) is -4.87. The Bertz CT molecular complexity index is 1280. The molecule has 0 saturated heterocycles. The molecule has 3 aromatic rings. The van der Waals surface area contributed by atoms with Gasteiger partial charge in [0.2, 0.25) is 0 Å². The van der Waals surface area contributed by atoms with Crippen LogP contribution in [0.1, 0.15) is 22.4 Å². The molecule has 3 rings (SSSR count). The summed E-state index contributed by atoms with van der Waals surface area (Å²) in [4.78, 5) is 26.8. The van der Waals surface area contributed by atoms with E-state index in [1.165, 1.54) is 26.2 Å². The molecule has 1 aromatic heterocycles. The Morgan fingerprint density at radius 2 is 1.77 bits per heavy atom. The van der Waals surface area contributed by atoms with Gasteiger partial charge in [0.1, 0.15) is 5.82 Å². The molecule has 5 nitrogen and oxygen atoms in total. The number of H-pyrrole nitrogens is 1. The quantitative estimate of drug-likeness (QED) is 0.620. The van der Waals surface area contributed by atoms with E-state index < -0.39 is 46.7 Å². The number of rotatable bonds is 4. The molecule has 1 heterocycles. The third kappa shape index (κ3) is 4.10. The molecule has 0 amide bonds. The first-order chi connectivity index (χ1) is 14.5. The number of aromatic amines is 1. The number of ether oxygens (including phenoxy) is 1. The molecular formula is C21H17F5N2O3. The molecule has 0 saturated carbocycles. The molecular weight excluding hydrogens is 423 g/mol. The predicted molar refractivity (Wildman–Crippen MR) is 103 cm³/mol. The number of aryl methyl sites for hydroxylation is 1. The Morgan fingerprint density at radius 1 is 1.10 bits per heavy atom. The Morgan fingerprint density at radius 3 is 2.39 bits per heavy atom. The number of methoxy groups -OCH3 is 1. The highest BCUT2D eigenvalue weighted by Gasteiger charge is 2.35. The molecule has 0 fully saturated rings. The van der Waals surface area contributed by atoms with Crippen molar-refractivity contribution in [2.45, 2.75) is 26.6 Å². The fourth-order valence-corrected chi connectivity index (χ4v) is 3.40. The number of benzene rings is 2. The van der Waals surface area contributed by atoms with Crippen molar-refractivity contribution < 1.29 is 26.7 Å². The minimum atomic E-state index is -4.87. The number of nitrogens with one attached hydrogen (secondary N) is 1. The van der Waals surface area contributed by atoms with Crippen molar-refractivity contribution in [1.29, 1.82) is 0 Å². The van der Waals surface area contributed by atoms with Crippen LogP contribution in [0.25, 0.3) is 11.1 Å². The van der Waals surface area contributed by atoms with E-state index in [1.807, 2.05) is 4.98 Å². The third-order valence-electron chi connectivity index (χ3n) is 4.87. The van der Waals surface area contributed by atoms with Gasteiger partial charge in [0, 0.05) is 16.8 Å². The van der Waals surface area contributed by atoms with Crippen LogP contribution in [-0.2, 0) is 12.7 Å². The van der Waals surface area contributed by atoms with E-state index in [9.17, 15) is 31.5 Å². The molecule has 0 aliphatic rings. The topological polar surface area (TPSA) is 64.1 Å². The van der Waals surface area contributed by atoms with Gasteiger partial charge in [0.15, 0.2) is 11.6 Å². The van der Waals surface area contributed by atoms with Gasteiger partial charge in [-0.1, -0.05) is 6.07 Å². The number of halogens is 5. The molecule has 1 N–H and O–H groups in total. The van der Waals surface area contributed by atoms with E-state index >= 15 is 0 Å². The molecule has 10 heteroatoms. The second-order valence-corrected chi connectivity index (χ2v) is 6.90. The zero-order valence-corrected chi connectivity index (χ0v) is 16.7. The first-order valence-electron chi connectivity index (χ1n) is 8.98. The molecule has 0 radical (unpaired) electrons. The second kappa shape index (κ2) is 8.01. The summed E-state index contributed by atoms with van der Waals surface area (Å²) in [6.45, 7) is 2.08. The summed E-state index contributed by atoms with van der Waals surface area (Å²) >= 11 is 0. The van der Waals surface area contributed by atoms with Crippen LogP contribution in [0.5, 0.6) is 5.75 Å². The lowest BCUT2D eigenvalue weighted by atomic mass is 10.0. The van der Waals surface area contributed by atoms with Crippen LogP contribution in [0, 0.1) is 25.5 Å². The van der Waals surface area contributed by atoms with Gasteiger partial charge in [-0.3, -0.25) is 14.3 Å². The van der Waals surface area contributed by atoms with Gasteiger partial charge in [0.05, 0.1) is 24.8 Å². The van der Waals surface area contributed by atoms with Crippen LogP contribution >= 0.6 is 0 Å². The largest absolute Gasteiger partial charge is 0.494 e. The molecule has 31 heavy (non-hydrogen) atoms. The molecule has 2 aromatic carbocycles. The molecule has 0 aliphatic carbocycles. The third-order valence-corrected chi connectivity index (χ3v) is 4.87. The van der Waals surface area contributed by atoms with Crippen molar-refractivity contribution in [2.75, 3.05) is 7.11 Å². The standard InChI is InChI=1S/C21H17F5N2O3/c1-10-7-12(18(23)16(8-10)31-3)17-11(2)28(20(30)27-19(17)29)9-13-14(21(24,25)26)5-4-6-15(13)22/h4-8H,9H2,1-3H3,(H,27,29,30). The first-order valence-corrected chi connectivity index (χ1v) is 8.98. The van der Waals surface area contributed by atoms with Crippen LogP contribution in [0.4, 0.5) is 22.0 Å². The van der Waals surface area contributed by atoms with Crippen molar-refractivity contribution >= 4 is 0 Å². The van der Waals surface area contributed by atoms with Crippen LogP contribution in [0.3, 0.4) is 0 Å². The summed E-state index contributed by atoms with van der Waals surface area (Å²) < 4.78 is 74.9. The maximum Gasteiger partial charge on any atom is 0.416 e. The van der Waals surface area contributed by atoms with Crippen LogP contribution in [-0.4, -0.2) is 16.7 Å². The van der Waals surface area contributed by atoms with Crippen LogP contribution in [0.15, 0.2) is 39.9 Å². The molecule has 0 unspecified atom stereocenters. The Balaban J connectivity index is 2.28. The normalized spacial score (nSPS) is 11.6. The lowest BCUT2D eigenvalue weighted by Crippen LogP contribution is -2.34. The summed E-state index contributed by atoms with van der Waals surface area (Å²) in [5.74, 6) is -2.20. The summed E-state index contributed by atoms with van der Waals surface area (Å²) in [7, 11) is 1.23. The van der Waals surface area contributed by atoms with Crippen LogP contribution < -0.4 is 16.0 Å². The average molecular weight is 440 g/mol. The minimum absolute atomic E-state index is 0.128. The van der Waals surface area contributed by atoms with E-state index in [2.05, 4.69) is 0 Å². The van der Waals surface area contributed by atoms with Gasteiger partial charge in [-0.2, -0.15) is 13.2 Å². The van der Waals surface area contributed by atoms with E-state index in [0.29, 0.717) is 11.6 Å². The van der Waals surface area contributed by atoms with E-state index in [4.69, 9.17) is 4.74 Å². The summed E-state index contributed by atoms with van der Waals surface area (Å²) in [5.41, 5.74) is -4.08. The van der Waals surface area contributed by atoms with Gasteiger partial charge >= 0.3 is 11.9 Å². The molecule has 0 bridgehead atoms. The first kappa shape index (κ1) is 22.3. The maximum atomic E-state index is 14.9. The monoisotopic (exact) mass is 440 g/mol. The minimum Gasteiger partial charge on any atom is -0.494 e. The zero-order valence-electron chi connectivity index (χ0n) is 16.7. The number of aromatic nitrogens is 2. The van der Waals surface area contributed by atoms with Gasteiger partial charge in [-0.25, -0.2) is 13.6 Å². The van der Waals surface area contributed by atoms with Gasteiger partial charge < -0.3 is 4.74 Å². The van der Waals surface area contributed by atoms with Crippen molar-refractivity contribution in [2.24, 2.45) is 0 Å². The average Bonchev–Trinajstić information content (AvgIpc) is 2.67. The highest BCUT2D eigenvalue weighted by atomic mass is 19.4. The molecule has 0 atom stereocenters. The Labute approximate surface area is 172 Å². The SMILES string of the molecule is COc1cc(C)cc(-c2c(C)n(Cc3c(F)cccc3C(F)(F)F)c(=O)[nH]c2=O)c1F. The predicted octanol–water partition coefficient (Wildman–Crippen LogP) is 4.17. The van der Waals surface area contributed by atoms with E-state index in [-0.39, 0.29) is 22.6 Å². The summed E-state index contributed by atoms with van der Waals surface area (Å²) in [6, 6.07) is 5.17. The number of hydrogen-bond acceptors (Lipinski definition) is 3. The smallest absolute Gasteiger partial charge is 0.416 e. The van der Waals surface area contributed by atoms with Crippen LogP contribution in [0.2, 0.25) is 0 Å². The van der Waals surface area contributed by atoms with Gasteiger partial charge in [0.25, 0.3) is 5.56 Å². The van der Waals surface area contributed by atoms with Crippen molar-refractivity contribution in [3.63, 3.8) is 0 Å². The Kier molecular flexibility index (Phi) is 5.75. The fraction of sp³-hybridized carbons (Fsp3) is 0.238. The van der Waals surface area contributed by atoms with E-state index in [1.54, 1.807) is 6.92 Å². The maximum absolute atomic E-state index is 14.9. The van der Waals surface area contributed by atoms with Crippen molar-refractivity contribution in [3.05, 3.63) is 85.2 Å². The van der Waals surface area contributed by atoms with Gasteiger partial charge in [-0.15, -0.1) is 0 Å². The number of nitrogens with zero attached hydrogens (tertiary/aromatic N) is 1. The van der Waals surface area contributed by atoms with E-state index in [0.717, 1.165) is 16.7 Å². The molecule has 164 valence electrons. The van der Waals surface area contributed by atoms with Gasteiger partial charge in [-0.05, 0) is 43.7 Å². The zero-order chi connectivity index (χ0) is 23.1. The summed E-state index contributed by atoms with van der Waals surface area (Å²) in [5, 5.41) is 0. The van der Waals surface area contributed by atoms with Crippen molar-refractivity contribution in [1.82, 2.24) is 9.55 Å². The molecule has 0 spiro atoms. The number of alkyl halides is 3. The lowest BCUT2D eigenvalue weighted by molar-refractivity contribution is -0.138. The molecule has 0 aliphatic heterocycles. The Hall–Kier alpha value is -3.43. The second-order valence-electron chi connectivity index (χ2n) is 6.90. The number of hydrogen-bond donors (Lipinski definition) is 1. The fourth-order valence-electron chi connectivity index (χ4n) is 3.40. The lowest BCUT2D eigenvalue weighted by Gasteiger charge is -2.18. The highest BCUT2D eigenvalue weighted by molar-refractivity contribution is 5.68. The van der Waals surface area contributed by atoms with Crippen molar-refractivity contribution in [3.8, 4) is 16.9 Å².